The number of hydrogen-bond acceptors (Lipinski definition) is 3. The van der Waals surface area contributed by atoms with Crippen molar-refractivity contribution in [3.63, 3.8) is 0 Å². The number of carboxylic acid groups (broad SMARTS) is 1. The molecule has 88 valence electrons. The molecule has 0 atom stereocenters. The Bertz CT molecular complexity index is 455. The van der Waals surface area contributed by atoms with Crippen LogP contribution in [0.4, 0.5) is 8.78 Å². The molecule has 0 aliphatic heterocycles. The van der Waals surface area contributed by atoms with Gasteiger partial charge in [0, 0.05) is 11.8 Å². The van der Waals surface area contributed by atoms with Gasteiger partial charge in [-0.1, -0.05) is 0 Å². The number of aromatic amines is 1. The van der Waals surface area contributed by atoms with Gasteiger partial charge in [-0.25, -0.2) is 8.78 Å². The number of rotatable bonds is 4. The van der Waals surface area contributed by atoms with Crippen molar-refractivity contribution in [3.8, 4) is 5.88 Å². The van der Waals surface area contributed by atoms with E-state index in [4.69, 9.17) is 5.11 Å². The molecular weight excluding hydrogens is 224 g/mol. The minimum Gasteiger partial charge on any atom is -0.482 e. The van der Waals surface area contributed by atoms with E-state index < -0.39 is 35.7 Å². The van der Waals surface area contributed by atoms with Crippen LogP contribution >= 0.6 is 0 Å². The summed E-state index contributed by atoms with van der Waals surface area (Å²) in [4.78, 5) is 24.0. The molecule has 1 aromatic heterocycles. The van der Waals surface area contributed by atoms with Crippen LogP contribution in [0.3, 0.4) is 0 Å². The van der Waals surface area contributed by atoms with Crippen LogP contribution in [0.25, 0.3) is 0 Å². The third-order valence-corrected chi connectivity index (χ3v) is 1.85. The molecule has 1 aromatic rings. The second kappa shape index (κ2) is 4.73. The lowest BCUT2D eigenvalue weighted by molar-refractivity contribution is -0.136. The number of alkyl halides is 2. The standard InChI is InChI=1S/C9H9F2NO4/c1-16-9-7(8(10)11)5(13)2-4(12-9)3-6(14)15/h2,8H,3H2,1H3,(H,12,13)(H,14,15). The van der Waals surface area contributed by atoms with E-state index in [9.17, 15) is 18.4 Å². The molecule has 0 radical (unpaired) electrons. The molecule has 0 spiro atoms. The average molecular weight is 233 g/mol. The first-order valence-electron chi connectivity index (χ1n) is 4.25. The zero-order chi connectivity index (χ0) is 12.3. The highest BCUT2D eigenvalue weighted by molar-refractivity contribution is 5.69. The van der Waals surface area contributed by atoms with Crippen LogP contribution < -0.4 is 10.2 Å². The molecule has 0 amide bonds. The highest BCUT2D eigenvalue weighted by Crippen LogP contribution is 2.23. The third-order valence-electron chi connectivity index (χ3n) is 1.85. The molecule has 7 heteroatoms. The number of methoxy groups -OCH3 is 1. The second-order valence-corrected chi connectivity index (χ2v) is 2.98. The van der Waals surface area contributed by atoms with E-state index in [1.807, 2.05) is 0 Å². The molecule has 1 rings (SSSR count). The molecule has 5 nitrogen and oxygen atoms in total. The molecule has 0 unspecified atom stereocenters. The van der Waals surface area contributed by atoms with Crippen molar-refractivity contribution in [2.24, 2.45) is 0 Å². The van der Waals surface area contributed by atoms with Gasteiger partial charge in [0.15, 0.2) is 5.43 Å². The molecular formula is C9H9F2NO4. The quantitative estimate of drug-likeness (QED) is 0.811. The van der Waals surface area contributed by atoms with E-state index in [1.54, 1.807) is 0 Å². The summed E-state index contributed by atoms with van der Waals surface area (Å²) in [5, 5.41) is 8.49. The second-order valence-electron chi connectivity index (χ2n) is 2.98. The maximum atomic E-state index is 12.5. The molecule has 0 aromatic carbocycles. The van der Waals surface area contributed by atoms with E-state index in [0.717, 1.165) is 13.2 Å². The normalized spacial score (nSPS) is 10.5. The van der Waals surface area contributed by atoms with Gasteiger partial charge in [-0.3, -0.25) is 9.59 Å². The van der Waals surface area contributed by atoms with Crippen molar-refractivity contribution < 1.29 is 23.4 Å². The van der Waals surface area contributed by atoms with E-state index in [0.29, 0.717) is 0 Å². The van der Waals surface area contributed by atoms with Gasteiger partial charge in [0.05, 0.1) is 13.5 Å². The lowest BCUT2D eigenvalue weighted by Gasteiger charge is -2.08. The number of aromatic nitrogens is 1. The van der Waals surface area contributed by atoms with Crippen LogP contribution in [0.1, 0.15) is 17.7 Å². The van der Waals surface area contributed by atoms with Crippen LogP contribution in [0.5, 0.6) is 5.88 Å². The van der Waals surface area contributed by atoms with Gasteiger partial charge < -0.3 is 14.8 Å². The van der Waals surface area contributed by atoms with E-state index >= 15 is 0 Å². The van der Waals surface area contributed by atoms with Crippen LogP contribution in [0, 0.1) is 0 Å². The van der Waals surface area contributed by atoms with Gasteiger partial charge in [0.2, 0.25) is 5.88 Å². The fourth-order valence-electron chi connectivity index (χ4n) is 1.22. The highest BCUT2D eigenvalue weighted by Gasteiger charge is 2.20. The Labute approximate surface area is 88.7 Å². The SMILES string of the molecule is COc1[nH]c(CC(=O)O)cc(=O)c1C(F)F. The minimum absolute atomic E-state index is 0.0127. The smallest absolute Gasteiger partial charge is 0.309 e. The zero-order valence-electron chi connectivity index (χ0n) is 8.29. The van der Waals surface area contributed by atoms with Gasteiger partial charge >= 0.3 is 5.97 Å². The van der Waals surface area contributed by atoms with Crippen molar-refractivity contribution in [1.82, 2.24) is 4.98 Å². The summed E-state index contributed by atoms with van der Waals surface area (Å²) in [6.07, 6.45) is -3.44. The monoisotopic (exact) mass is 233 g/mol. The number of carboxylic acids is 1. The number of hydrogen-bond donors (Lipinski definition) is 2. The maximum absolute atomic E-state index is 12.5. The number of carbonyl (C=O) groups is 1. The summed E-state index contributed by atoms with van der Waals surface area (Å²) in [6, 6.07) is 0.831. The lowest BCUT2D eigenvalue weighted by atomic mass is 10.2. The predicted molar refractivity (Wildman–Crippen MR) is 49.9 cm³/mol. The summed E-state index contributed by atoms with van der Waals surface area (Å²) in [7, 11) is 1.11. The molecule has 0 aliphatic rings. The van der Waals surface area contributed by atoms with Gasteiger partial charge in [-0.05, 0) is 0 Å². The molecule has 2 N–H and O–H groups in total. The average Bonchev–Trinajstić information content (AvgIpc) is 2.14. The first kappa shape index (κ1) is 12.2. The fourth-order valence-corrected chi connectivity index (χ4v) is 1.22. The van der Waals surface area contributed by atoms with Crippen molar-refractivity contribution in [1.29, 1.82) is 0 Å². The van der Waals surface area contributed by atoms with Crippen LogP contribution in [0.2, 0.25) is 0 Å². The van der Waals surface area contributed by atoms with E-state index in [1.165, 1.54) is 0 Å². The number of pyridine rings is 1. The molecule has 0 aliphatic carbocycles. The topological polar surface area (TPSA) is 79.4 Å². The number of H-pyrrole nitrogens is 1. The van der Waals surface area contributed by atoms with Gasteiger partial charge in [0.25, 0.3) is 6.43 Å². The first-order chi connectivity index (χ1) is 7.45. The molecule has 0 saturated heterocycles. The summed E-state index contributed by atoms with van der Waals surface area (Å²) in [5.74, 6) is -1.58. The molecule has 0 fully saturated rings. The Morgan fingerprint density at radius 1 is 1.62 bits per heavy atom. The van der Waals surface area contributed by atoms with Crippen molar-refractivity contribution in [2.45, 2.75) is 12.8 Å². The Morgan fingerprint density at radius 3 is 2.69 bits per heavy atom. The number of halogens is 2. The largest absolute Gasteiger partial charge is 0.482 e. The van der Waals surface area contributed by atoms with Crippen LogP contribution in [0.15, 0.2) is 10.9 Å². The molecule has 1 heterocycles. The first-order valence-corrected chi connectivity index (χ1v) is 4.25. The van der Waals surface area contributed by atoms with Crippen LogP contribution in [-0.2, 0) is 11.2 Å². The third kappa shape index (κ3) is 2.56. The summed E-state index contributed by atoms with van der Waals surface area (Å²) < 4.78 is 29.5. The predicted octanol–water partition coefficient (Wildman–Crippen LogP) is 0.948. The zero-order valence-corrected chi connectivity index (χ0v) is 8.29. The van der Waals surface area contributed by atoms with Crippen LogP contribution in [-0.4, -0.2) is 23.2 Å². The minimum atomic E-state index is -2.97. The maximum Gasteiger partial charge on any atom is 0.309 e. The highest BCUT2D eigenvalue weighted by atomic mass is 19.3. The molecule has 0 bridgehead atoms. The number of ether oxygens (including phenoxy) is 1. The van der Waals surface area contributed by atoms with E-state index in [-0.39, 0.29) is 5.69 Å². The number of aliphatic carboxylic acids is 1. The van der Waals surface area contributed by atoms with E-state index in [2.05, 4.69) is 9.72 Å². The van der Waals surface area contributed by atoms with Crippen molar-refractivity contribution in [3.05, 3.63) is 27.5 Å². The lowest BCUT2D eigenvalue weighted by Crippen LogP contribution is -2.15. The Kier molecular flexibility index (Phi) is 3.60. The summed E-state index contributed by atoms with van der Waals surface area (Å²) >= 11 is 0. The van der Waals surface area contributed by atoms with Crippen molar-refractivity contribution in [2.75, 3.05) is 7.11 Å². The van der Waals surface area contributed by atoms with Gasteiger partial charge in [-0.15, -0.1) is 0 Å². The molecule has 16 heavy (non-hydrogen) atoms. The summed E-state index contributed by atoms with van der Waals surface area (Å²) in [5.41, 5.74) is -1.72. The van der Waals surface area contributed by atoms with Gasteiger partial charge in [-0.2, -0.15) is 0 Å². The summed E-state index contributed by atoms with van der Waals surface area (Å²) in [6.45, 7) is 0. The van der Waals surface area contributed by atoms with Crippen molar-refractivity contribution >= 4 is 5.97 Å². The Morgan fingerprint density at radius 2 is 2.25 bits per heavy atom. The Hall–Kier alpha value is -1.92. The van der Waals surface area contributed by atoms with Gasteiger partial charge in [0.1, 0.15) is 5.56 Å². The fraction of sp³-hybridized carbons (Fsp3) is 0.333. The molecule has 0 saturated carbocycles. The number of nitrogens with one attached hydrogen (secondary N) is 1. The Balaban J connectivity index is 3.26.